The highest BCUT2D eigenvalue weighted by Gasteiger charge is 2.49. The molecule has 6 rings (SSSR count). The van der Waals surface area contributed by atoms with Crippen LogP contribution in [0.5, 0.6) is 0 Å². The third-order valence-electron chi connectivity index (χ3n) is 9.63. The average Bonchev–Trinajstić information content (AvgIpc) is 2.89. The predicted molar refractivity (Wildman–Crippen MR) is 179 cm³/mol. The molecule has 0 unspecified atom stereocenters. The first-order chi connectivity index (χ1) is 18.7. The van der Waals surface area contributed by atoms with E-state index in [0.29, 0.717) is 0 Å². The van der Waals surface area contributed by atoms with Crippen molar-refractivity contribution in [3.63, 3.8) is 0 Å². The lowest BCUT2D eigenvalue weighted by atomic mass is 9.46. The number of benzene rings is 4. The van der Waals surface area contributed by atoms with Gasteiger partial charge in [0, 0.05) is 16.8 Å². The van der Waals surface area contributed by atoms with Gasteiger partial charge in [0.1, 0.15) is 8.07 Å². The molecule has 4 aromatic rings. The molecule has 0 fully saturated rings. The van der Waals surface area contributed by atoms with Crippen molar-refractivity contribution in [3.05, 3.63) is 107 Å². The van der Waals surface area contributed by atoms with Crippen molar-refractivity contribution < 1.29 is 0 Å². The Labute approximate surface area is 243 Å². The van der Waals surface area contributed by atoms with Crippen LogP contribution in [-0.2, 0) is 16.2 Å². The Morgan fingerprint density at radius 3 is 1.38 bits per heavy atom. The van der Waals surface area contributed by atoms with Crippen molar-refractivity contribution in [2.75, 3.05) is 4.81 Å². The minimum absolute atomic E-state index is 0.00439. The fourth-order valence-electron chi connectivity index (χ4n) is 7.54. The summed E-state index contributed by atoms with van der Waals surface area (Å²) < 4.78 is 0. The molecule has 0 aromatic heterocycles. The molecule has 0 amide bonds. The Kier molecular flexibility index (Phi) is 5.92. The molecule has 0 bridgehead atoms. The average molecular weight is 542 g/mol. The SMILES string of the molecule is CC(C)(C)c1cccc2c1N(B1c3ccccc3[Si](C)(C)c3ccccc31)c1c(C(C)(C)C)cccc1C2(C)C. The minimum Gasteiger partial charge on any atom is -0.376 e. The third kappa shape index (κ3) is 3.80. The largest absolute Gasteiger partial charge is 0.376 e. The van der Waals surface area contributed by atoms with Crippen molar-refractivity contribution in [1.82, 2.24) is 0 Å². The lowest BCUT2D eigenvalue weighted by Crippen LogP contribution is -2.77. The van der Waals surface area contributed by atoms with E-state index in [1.807, 2.05) is 0 Å². The van der Waals surface area contributed by atoms with E-state index in [1.165, 1.54) is 44.6 Å². The van der Waals surface area contributed by atoms with Crippen molar-refractivity contribution in [1.29, 1.82) is 0 Å². The molecule has 0 saturated carbocycles. The Morgan fingerprint density at radius 2 is 0.975 bits per heavy atom. The lowest BCUT2D eigenvalue weighted by Gasteiger charge is -2.51. The Bertz CT molecular complexity index is 1520. The molecule has 2 heterocycles. The van der Waals surface area contributed by atoms with Crippen LogP contribution in [0.25, 0.3) is 0 Å². The highest BCUT2D eigenvalue weighted by atomic mass is 28.3. The maximum Gasteiger partial charge on any atom is 0.327 e. The first-order valence-electron chi connectivity index (χ1n) is 14.9. The van der Waals surface area contributed by atoms with E-state index in [1.54, 1.807) is 10.4 Å². The molecule has 0 radical (unpaired) electrons. The number of fused-ring (bicyclic) bond motifs is 4. The fraction of sp³-hybridized carbons (Fsp3) is 0.351. The summed E-state index contributed by atoms with van der Waals surface area (Å²) in [6.45, 7) is 24.3. The molecule has 4 aromatic carbocycles. The second-order valence-corrected chi connectivity index (χ2v) is 19.4. The van der Waals surface area contributed by atoms with E-state index in [2.05, 4.69) is 158 Å². The summed E-state index contributed by atoms with van der Waals surface area (Å²) in [5.74, 6) is 0. The molecular formula is C37H44BNSi. The van der Waals surface area contributed by atoms with Gasteiger partial charge in [-0.2, -0.15) is 0 Å². The van der Waals surface area contributed by atoms with Crippen molar-refractivity contribution in [2.45, 2.75) is 84.7 Å². The molecule has 0 aliphatic carbocycles. The maximum absolute atomic E-state index is 2.79. The van der Waals surface area contributed by atoms with Gasteiger partial charge in [0.2, 0.25) is 0 Å². The number of hydrogen-bond donors (Lipinski definition) is 0. The third-order valence-corrected chi connectivity index (χ3v) is 13.2. The summed E-state index contributed by atoms with van der Waals surface area (Å²) in [5, 5.41) is 3.13. The zero-order valence-electron chi connectivity index (χ0n) is 26.1. The summed E-state index contributed by atoms with van der Waals surface area (Å²) >= 11 is 0. The minimum atomic E-state index is -1.88. The van der Waals surface area contributed by atoms with E-state index >= 15 is 0 Å². The van der Waals surface area contributed by atoms with Gasteiger partial charge in [0.15, 0.2) is 0 Å². The smallest absolute Gasteiger partial charge is 0.327 e. The van der Waals surface area contributed by atoms with Crippen LogP contribution in [0.15, 0.2) is 84.9 Å². The molecule has 40 heavy (non-hydrogen) atoms. The Hall–Kier alpha value is -3.04. The van der Waals surface area contributed by atoms with Crippen molar-refractivity contribution in [3.8, 4) is 0 Å². The monoisotopic (exact) mass is 541 g/mol. The summed E-state index contributed by atoms with van der Waals surface area (Å²) in [6, 6.07) is 32.8. The van der Waals surface area contributed by atoms with Crippen molar-refractivity contribution >= 4 is 47.6 Å². The quantitative estimate of drug-likeness (QED) is 0.235. The number of nitrogens with zero attached hydrogens (tertiary/aromatic N) is 1. The van der Waals surface area contributed by atoms with Crippen LogP contribution in [0.3, 0.4) is 0 Å². The van der Waals surface area contributed by atoms with Gasteiger partial charge in [0.05, 0.1) is 0 Å². The van der Waals surface area contributed by atoms with Gasteiger partial charge < -0.3 is 4.81 Å². The van der Waals surface area contributed by atoms with Crippen LogP contribution in [0, 0.1) is 0 Å². The highest BCUT2D eigenvalue weighted by Crippen LogP contribution is 2.54. The number of hydrogen-bond acceptors (Lipinski definition) is 1. The molecule has 0 N–H and O–H groups in total. The number of rotatable bonds is 1. The topological polar surface area (TPSA) is 3.24 Å². The number of anilines is 2. The van der Waals surface area contributed by atoms with Gasteiger partial charge in [-0.05, 0) is 33.1 Å². The highest BCUT2D eigenvalue weighted by molar-refractivity contribution is 7.11. The van der Waals surface area contributed by atoms with Gasteiger partial charge in [0.25, 0.3) is 0 Å². The van der Waals surface area contributed by atoms with Gasteiger partial charge in [-0.3, -0.25) is 0 Å². The van der Waals surface area contributed by atoms with Gasteiger partial charge in [-0.1, -0.05) is 175 Å². The van der Waals surface area contributed by atoms with Crippen LogP contribution in [0.1, 0.15) is 77.6 Å². The van der Waals surface area contributed by atoms with E-state index < -0.39 is 8.07 Å². The predicted octanol–water partition coefficient (Wildman–Crippen LogP) is 7.00. The molecule has 2 aliphatic rings. The van der Waals surface area contributed by atoms with Crippen molar-refractivity contribution in [2.24, 2.45) is 0 Å². The van der Waals surface area contributed by atoms with E-state index in [9.17, 15) is 0 Å². The summed E-state index contributed by atoms with van der Waals surface area (Å²) in [4.78, 5) is 2.79. The molecular weight excluding hydrogens is 497 g/mol. The van der Waals surface area contributed by atoms with Crippen LogP contribution in [0.2, 0.25) is 13.1 Å². The summed E-state index contributed by atoms with van der Waals surface area (Å²) in [6.07, 6.45) is 0. The number of para-hydroxylation sites is 2. The molecule has 3 heteroatoms. The van der Waals surface area contributed by atoms with Crippen LogP contribution < -0.4 is 26.1 Å². The van der Waals surface area contributed by atoms with Gasteiger partial charge in [-0.15, -0.1) is 0 Å². The molecule has 0 spiro atoms. The first kappa shape index (κ1) is 27.1. The molecule has 0 atom stereocenters. The lowest BCUT2D eigenvalue weighted by molar-refractivity contribution is 0.569. The van der Waals surface area contributed by atoms with E-state index in [4.69, 9.17) is 0 Å². The van der Waals surface area contributed by atoms with Gasteiger partial charge in [-0.25, -0.2) is 0 Å². The van der Waals surface area contributed by atoms with E-state index in [0.717, 1.165) is 0 Å². The summed E-state index contributed by atoms with van der Waals surface area (Å²) in [5.41, 5.74) is 11.3. The Morgan fingerprint density at radius 1 is 0.575 bits per heavy atom. The second kappa shape index (κ2) is 8.73. The fourth-order valence-corrected chi connectivity index (χ4v) is 10.7. The standard InChI is InChI=1S/C37H44BNSi/c1-35(2,3)25-17-15-19-27-33(25)39(34-26(36(4,5)6)18-16-20-28(34)37(27,7)8)38-29-21-11-13-23-31(29)40(9,10)32-24-14-12-22-30(32)38/h11-24H,1-10H3. The summed E-state index contributed by atoms with van der Waals surface area (Å²) in [7, 11) is -1.88. The Balaban J connectivity index is 1.82. The van der Waals surface area contributed by atoms with Crippen LogP contribution in [0.4, 0.5) is 11.4 Å². The molecule has 1 nitrogen and oxygen atoms in total. The molecule has 204 valence electrons. The second-order valence-electron chi connectivity index (χ2n) is 15.1. The van der Waals surface area contributed by atoms with Crippen LogP contribution >= 0.6 is 0 Å². The van der Waals surface area contributed by atoms with Gasteiger partial charge >= 0.3 is 6.85 Å². The zero-order chi connectivity index (χ0) is 28.8. The maximum atomic E-state index is 2.79. The molecule has 0 saturated heterocycles. The first-order valence-corrected chi connectivity index (χ1v) is 17.9. The zero-order valence-corrected chi connectivity index (χ0v) is 27.1. The molecule has 2 aliphatic heterocycles. The van der Waals surface area contributed by atoms with E-state index in [-0.39, 0.29) is 23.1 Å². The normalized spacial score (nSPS) is 17.1. The van der Waals surface area contributed by atoms with Crippen LogP contribution in [-0.4, -0.2) is 14.9 Å².